The van der Waals surface area contributed by atoms with Gasteiger partial charge in [0.1, 0.15) is 6.42 Å². The predicted molar refractivity (Wildman–Crippen MR) is 120 cm³/mol. The molecule has 0 aliphatic rings. The minimum Gasteiger partial charge on any atom is -0.481 e. The van der Waals surface area contributed by atoms with Gasteiger partial charge in [0.15, 0.2) is 5.76 Å². The Balaban J connectivity index is 1.94. The van der Waals surface area contributed by atoms with Crippen LogP contribution in [-0.2, 0) is 4.79 Å². The van der Waals surface area contributed by atoms with E-state index in [9.17, 15) is 9.59 Å². The van der Waals surface area contributed by atoms with Crippen molar-refractivity contribution in [2.75, 3.05) is 6.61 Å². The number of carboxylic acid groups (broad SMARTS) is 1. The van der Waals surface area contributed by atoms with Crippen LogP contribution in [0.25, 0.3) is 0 Å². The van der Waals surface area contributed by atoms with Gasteiger partial charge in [-0.15, -0.1) is 0 Å². The fourth-order valence-corrected chi connectivity index (χ4v) is 2.84. The van der Waals surface area contributed by atoms with E-state index in [0.717, 1.165) is 38.5 Å². The molecule has 1 heterocycles. The van der Waals surface area contributed by atoms with Crippen molar-refractivity contribution >= 4 is 11.8 Å². The number of carbonyl (C=O) groups excluding carboxylic acids is 1. The summed E-state index contributed by atoms with van der Waals surface area (Å²) in [4.78, 5) is 22.1. The summed E-state index contributed by atoms with van der Waals surface area (Å²) < 4.78 is 10.7. The molecule has 1 rings (SSSR count). The molecule has 0 amide bonds. The zero-order valence-corrected chi connectivity index (χ0v) is 18.2. The number of ketones is 1. The quantitative estimate of drug-likeness (QED) is 0.122. The van der Waals surface area contributed by atoms with Crippen LogP contribution in [0.2, 0.25) is 0 Å². The van der Waals surface area contributed by atoms with Gasteiger partial charge < -0.3 is 14.3 Å². The van der Waals surface area contributed by atoms with Gasteiger partial charge in [0.2, 0.25) is 5.78 Å². The number of carboxylic acids is 1. The number of hydrogen-bond donors (Lipinski definition) is 1. The summed E-state index contributed by atoms with van der Waals surface area (Å²) in [5.41, 5.74) is 0. The van der Waals surface area contributed by atoms with E-state index in [2.05, 4.69) is 43.4 Å². The van der Waals surface area contributed by atoms with Gasteiger partial charge in [-0.1, -0.05) is 69.1 Å². The van der Waals surface area contributed by atoms with Crippen molar-refractivity contribution in [1.29, 1.82) is 0 Å². The number of ether oxygens (including phenoxy) is 1. The van der Waals surface area contributed by atoms with E-state index in [-0.39, 0.29) is 11.7 Å². The molecule has 0 aliphatic heterocycles. The second kappa shape index (κ2) is 17.3. The van der Waals surface area contributed by atoms with Crippen molar-refractivity contribution in [1.82, 2.24) is 0 Å². The number of hydrogen-bond acceptors (Lipinski definition) is 4. The van der Waals surface area contributed by atoms with Gasteiger partial charge in [-0.25, -0.2) is 0 Å². The summed E-state index contributed by atoms with van der Waals surface area (Å²) in [7, 11) is 0. The monoisotopic (exact) mass is 416 g/mol. The van der Waals surface area contributed by atoms with E-state index in [0.29, 0.717) is 6.61 Å². The Labute approximate surface area is 180 Å². The molecule has 0 atom stereocenters. The maximum Gasteiger partial charge on any atom is 0.311 e. The van der Waals surface area contributed by atoms with Gasteiger partial charge in [0, 0.05) is 6.07 Å². The van der Waals surface area contributed by atoms with E-state index in [4.69, 9.17) is 14.3 Å². The standard InChI is InChI=1S/C25H36O5/c1-2-3-4-5-6-7-8-9-10-11-12-13-14-15-16-17-20-29-25-19-18-23(30-25)22(26)21-24(27)28/h3-4,6-7,9-10,18-19H,2,5,8,11-17,20-21H2,1H3,(H,27,28)/b4-3+,7-6+,10-9+. The Morgan fingerprint density at radius 2 is 1.53 bits per heavy atom. The van der Waals surface area contributed by atoms with Crippen molar-refractivity contribution in [3.05, 3.63) is 54.3 Å². The maximum absolute atomic E-state index is 11.6. The van der Waals surface area contributed by atoms with Crippen LogP contribution >= 0.6 is 0 Å². The number of aliphatic carboxylic acids is 1. The van der Waals surface area contributed by atoms with Crippen molar-refractivity contribution < 1.29 is 23.8 Å². The van der Waals surface area contributed by atoms with Crippen LogP contribution in [0, 0.1) is 0 Å². The average Bonchev–Trinajstić information content (AvgIpc) is 3.19. The molecular formula is C25H36O5. The second-order valence-corrected chi connectivity index (χ2v) is 7.16. The highest BCUT2D eigenvalue weighted by molar-refractivity contribution is 6.03. The average molecular weight is 417 g/mol. The molecule has 1 aromatic rings. The molecule has 0 saturated carbocycles. The van der Waals surface area contributed by atoms with Gasteiger partial charge in [-0.05, 0) is 44.6 Å². The number of furan rings is 1. The SMILES string of the molecule is CC/C=C/C/C=C/C/C=C/CCCCCCCCOc1ccc(C(=O)CC(=O)O)o1. The first-order valence-corrected chi connectivity index (χ1v) is 11.1. The lowest BCUT2D eigenvalue weighted by Gasteiger charge is -2.03. The summed E-state index contributed by atoms with van der Waals surface area (Å²) in [6.45, 7) is 2.68. The van der Waals surface area contributed by atoms with Crippen LogP contribution in [0.15, 0.2) is 53.0 Å². The Morgan fingerprint density at radius 1 is 0.900 bits per heavy atom. The number of rotatable bonds is 18. The number of carbonyl (C=O) groups is 2. The van der Waals surface area contributed by atoms with E-state index < -0.39 is 18.2 Å². The first-order valence-electron chi connectivity index (χ1n) is 11.1. The van der Waals surface area contributed by atoms with E-state index in [1.807, 2.05) is 0 Å². The molecule has 0 fully saturated rings. The molecule has 0 spiro atoms. The molecule has 0 unspecified atom stereocenters. The first kappa shape index (κ1) is 25.5. The normalized spacial score (nSPS) is 11.8. The minimum atomic E-state index is -1.17. The Kier molecular flexibility index (Phi) is 14.7. The van der Waals surface area contributed by atoms with Crippen LogP contribution in [0.3, 0.4) is 0 Å². The molecule has 0 saturated heterocycles. The predicted octanol–water partition coefficient (Wildman–Crippen LogP) is 6.91. The van der Waals surface area contributed by atoms with Gasteiger partial charge in [0.25, 0.3) is 5.95 Å². The lowest BCUT2D eigenvalue weighted by atomic mass is 10.1. The van der Waals surface area contributed by atoms with Gasteiger partial charge >= 0.3 is 5.97 Å². The fourth-order valence-electron chi connectivity index (χ4n) is 2.84. The van der Waals surface area contributed by atoms with E-state index in [1.165, 1.54) is 31.7 Å². The molecule has 1 N–H and O–H groups in total. The topological polar surface area (TPSA) is 76.7 Å². The fraction of sp³-hybridized carbons (Fsp3) is 0.520. The number of allylic oxidation sites excluding steroid dienone is 6. The molecule has 30 heavy (non-hydrogen) atoms. The molecule has 0 aliphatic carbocycles. The zero-order valence-electron chi connectivity index (χ0n) is 18.2. The highest BCUT2D eigenvalue weighted by Gasteiger charge is 2.15. The third-order valence-electron chi connectivity index (χ3n) is 4.46. The first-order chi connectivity index (χ1) is 14.6. The van der Waals surface area contributed by atoms with Crippen LogP contribution < -0.4 is 4.74 Å². The number of Topliss-reactive ketones (excluding diaryl/α,β-unsaturated/α-hetero) is 1. The van der Waals surface area contributed by atoms with Crippen molar-refractivity contribution in [3.63, 3.8) is 0 Å². The molecular weight excluding hydrogens is 380 g/mol. The Hall–Kier alpha value is -2.56. The zero-order chi connectivity index (χ0) is 21.9. The van der Waals surface area contributed by atoms with Crippen molar-refractivity contribution in [2.45, 2.75) is 77.6 Å². The van der Waals surface area contributed by atoms with Crippen LogP contribution in [-0.4, -0.2) is 23.5 Å². The molecule has 0 aromatic carbocycles. The lowest BCUT2D eigenvalue weighted by molar-refractivity contribution is -0.135. The second-order valence-electron chi connectivity index (χ2n) is 7.16. The van der Waals surface area contributed by atoms with Crippen molar-refractivity contribution in [3.8, 4) is 5.95 Å². The summed E-state index contributed by atoms with van der Waals surface area (Å²) in [5, 5.41) is 8.62. The highest BCUT2D eigenvalue weighted by atomic mass is 16.6. The summed E-state index contributed by atoms with van der Waals surface area (Å²) >= 11 is 0. The Bertz CT molecular complexity index is 681. The summed E-state index contributed by atoms with van der Waals surface area (Å²) in [6, 6.07) is 3.01. The Morgan fingerprint density at radius 3 is 2.23 bits per heavy atom. The van der Waals surface area contributed by atoms with E-state index >= 15 is 0 Å². The summed E-state index contributed by atoms with van der Waals surface area (Å²) in [6.07, 6.45) is 24.0. The molecule has 5 heteroatoms. The van der Waals surface area contributed by atoms with Crippen molar-refractivity contribution in [2.24, 2.45) is 0 Å². The van der Waals surface area contributed by atoms with Crippen LogP contribution in [0.4, 0.5) is 0 Å². The largest absolute Gasteiger partial charge is 0.481 e. The number of unbranched alkanes of at least 4 members (excludes halogenated alkanes) is 6. The molecule has 1 aromatic heterocycles. The van der Waals surface area contributed by atoms with Gasteiger partial charge in [-0.3, -0.25) is 9.59 Å². The molecule has 0 bridgehead atoms. The molecule has 166 valence electrons. The third kappa shape index (κ3) is 13.6. The van der Waals surface area contributed by atoms with Crippen LogP contribution in [0.1, 0.15) is 88.1 Å². The van der Waals surface area contributed by atoms with Gasteiger partial charge in [0.05, 0.1) is 6.61 Å². The van der Waals surface area contributed by atoms with Crippen LogP contribution in [0.5, 0.6) is 5.95 Å². The lowest BCUT2D eigenvalue weighted by Crippen LogP contribution is -2.05. The molecule has 0 radical (unpaired) electrons. The maximum atomic E-state index is 11.6. The highest BCUT2D eigenvalue weighted by Crippen LogP contribution is 2.18. The minimum absolute atomic E-state index is 0.0293. The molecule has 5 nitrogen and oxygen atoms in total. The summed E-state index contributed by atoms with van der Waals surface area (Å²) in [5.74, 6) is -1.43. The van der Waals surface area contributed by atoms with E-state index in [1.54, 1.807) is 6.07 Å². The smallest absolute Gasteiger partial charge is 0.311 e. The van der Waals surface area contributed by atoms with Gasteiger partial charge in [-0.2, -0.15) is 0 Å². The third-order valence-corrected chi connectivity index (χ3v) is 4.46.